The normalized spacial score (nSPS) is 24.2. The second-order valence-corrected chi connectivity index (χ2v) is 7.38. The maximum Gasteiger partial charge on any atom is 0.187 e. The highest BCUT2D eigenvalue weighted by Crippen LogP contribution is 2.66. The van der Waals surface area contributed by atoms with Crippen LogP contribution in [0.1, 0.15) is 32.0 Å². The Kier molecular flexibility index (Phi) is 5.36. The fourth-order valence-electron chi connectivity index (χ4n) is 4.39. The molecule has 0 aromatic carbocycles. The van der Waals surface area contributed by atoms with Crippen molar-refractivity contribution in [2.24, 2.45) is 5.73 Å². The van der Waals surface area contributed by atoms with Crippen LogP contribution < -0.4 is 10.5 Å². The molecule has 2 N–H and O–H groups in total. The van der Waals surface area contributed by atoms with Gasteiger partial charge in [-0.3, -0.25) is 9.55 Å². The first-order valence-electron chi connectivity index (χ1n) is 8.87. The molecule has 0 spiro atoms. The van der Waals surface area contributed by atoms with Crippen molar-refractivity contribution in [3.63, 3.8) is 0 Å². The molecule has 0 saturated heterocycles. The van der Waals surface area contributed by atoms with E-state index in [0.717, 1.165) is 42.2 Å². The van der Waals surface area contributed by atoms with Gasteiger partial charge in [-0.1, -0.05) is 0 Å². The zero-order chi connectivity index (χ0) is 17.8. The summed E-state index contributed by atoms with van der Waals surface area (Å²) >= 11 is 0. The predicted octanol–water partition coefficient (Wildman–Crippen LogP) is 3.10. The van der Waals surface area contributed by atoms with Gasteiger partial charge in [-0.15, -0.1) is 35.0 Å². The lowest BCUT2D eigenvalue weighted by atomic mass is 9.39. The number of pyridine rings is 2. The third-order valence-corrected chi connectivity index (χ3v) is 5.39. The zero-order valence-electron chi connectivity index (χ0n) is 15.4. The molecule has 3 heterocycles. The van der Waals surface area contributed by atoms with Crippen LogP contribution in [-0.2, 0) is 5.41 Å². The second kappa shape index (κ2) is 7.31. The highest BCUT2D eigenvalue weighted by molar-refractivity contribution is 5.85. The minimum atomic E-state index is 0. The number of aromatic nitrogens is 5. The van der Waals surface area contributed by atoms with Gasteiger partial charge < -0.3 is 10.5 Å². The molecule has 0 aliphatic heterocycles. The molecule has 0 amide bonds. The standard InChI is InChI=1S/C19H20N6O.2ClH/c1-2-26-14-5-6-15(22-9-14)16-23-24-17(18-10-19(20,11-18)12-18)25(16)13-4-3-7-21-8-13;;/h3-9H,2,10-12,20H2,1H3;2*1H. The van der Waals surface area contributed by atoms with E-state index in [1.165, 1.54) is 0 Å². The Balaban J connectivity index is 0.00000112. The summed E-state index contributed by atoms with van der Waals surface area (Å²) in [7, 11) is 0. The molecule has 2 bridgehead atoms. The number of halogens is 2. The lowest BCUT2D eigenvalue weighted by Gasteiger charge is -2.68. The quantitative estimate of drug-likeness (QED) is 0.681. The Morgan fingerprint density at radius 2 is 1.89 bits per heavy atom. The molecule has 3 aromatic heterocycles. The van der Waals surface area contributed by atoms with E-state index in [1.54, 1.807) is 12.4 Å². The van der Waals surface area contributed by atoms with E-state index in [9.17, 15) is 0 Å². The van der Waals surface area contributed by atoms with Crippen LogP contribution in [0.5, 0.6) is 5.75 Å². The van der Waals surface area contributed by atoms with E-state index in [1.807, 2.05) is 37.4 Å². The summed E-state index contributed by atoms with van der Waals surface area (Å²) in [6.07, 6.45) is 8.21. The van der Waals surface area contributed by atoms with E-state index in [2.05, 4.69) is 24.7 Å². The third kappa shape index (κ3) is 3.03. The molecular formula is C19H22Cl2N6O. The minimum Gasteiger partial charge on any atom is -0.492 e. The Morgan fingerprint density at radius 1 is 1.11 bits per heavy atom. The summed E-state index contributed by atoms with van der Waals surface area (Å²) in [5, 5.41) is 9.02. The molecule has 3 aliphatic rings. The Morgan fingerprint density at radius 3 is 2.46 bits per heavy atom. The van der Waals surface area contributed by atoms with Gasteiger partial charge in [0.05, 0.1) is 24.7 Å². The average Bonchev–Trinajstić information content (AvgIpc) is 3.05. The molecule has 28 heavy (non-hydrogen) atoms. The van der Waals surface area contributed by atoms with Gasteiger partial charge in [0.1, 0.15) is 17.3 Å². The smallest absolute Gasteiger partial charge is 0.187 e. The Labute approximate surface area is 175 Å². The maximum absolute atomic E-state index is 6.27. The van der Waals surface area contributed by atoms with Gasteiger partial charge in [0, 0.05) is 17.2 Å². The minimum absolute atomic E-state index is 0. The van der Waals surface area contributed by atoms with Crippen LogP contribution in [0.2, 0.25) is 0 Å². The number of nitrogens with zero attached hydrogens (tertiary/aromatic N) is 5. The number of ether oxygens (including phenoxy) is 1. The largest absolute Gasteiger partial charge is 0.492 e. The van der Waals surface area contributed by atoms with Crippen molar-refractivity contribution in [3.8, 4) is 23.0 Å². The SMILES string of the molecule is CCOc1ccc(-c2nnc(C34CC(N)(C3)C4)n2-c2cccnc2)nc1.Cl.Cl. The molecule has 3 aromatic rings. The predicted molar refractivity (Wildman–Crippen MR) is 110 cm³/mol. The summed E-state index contributed by atoms with van der Waals surface area (Å²) < 4.78 is 7.56. The molecule has 3 fully saturated rings. The molecule has 0 atom stereocenters. The van der Waals surface area contributed by atoms with Crippen molar-refractivity contribution in [2.75, 3.05) is 6.61 Å². The molecule has 0 radical (unpaired) electrons. The monoisotopic (exact) mass is 420 g/mol. The maximum atomic E-state index is 6.27. The van der Waals surface area contributed by atoms with E-state index in [4.69, 9.17) is 10.5 Å². The van der Waals surface area contributed by atoms with Crippen LogP contribution in [0.15, 0.2) is 42.9 Å². The fraction of sp³-hybridized carbons (Fsp3) is 0.368. The van der Waals surface area contributed by atoms with Crippen LogP contribution in [0, 0.1) is 0 Å². The third-order valence-electron chi connectivity index (χ3n) is 5.39. The summed E-state index contributed by atoms with van der Waals surface area (Å²) in [5.74, 6) is 2.42. The van der Waals surface area contributed by atoms with E-state index < -0.39 is 0 Å². The lowest BCUT2D eigenvalue weighted by Crippen LogP contribution is -2.75. The lowest BCUT2D eigenvalue weighted by molar-refractivity contribution is -0.0663. The second-order valence-electron chi connectivity index (χ2n) is 7.38. The van der Waals surface area contributed by atoms with Crippen molar-refractivity contribution in [1.29, 1.82) is 0 Å². The number of hydrogen-bond donors (Lipinski definition) is 1. The molecular weight excluding hydrogens is 399 g/mol. The van der Waals surface area contributed by atoms with Gasteiger partial charge in [0.25, 0.3) is 0 Å². The summed E-state index contributed by atoms with van der Waals surface area (Å²) in [5.41, 5.74) is 8.01. The Bertz CT molecular complexity index is 941. The molecule has 7 nitrogen and oxygen atoms in total. The van der Waals surface area contributed by atoms with Gasteiger partial charge in [-0.25, -0.2) is 4.98 Å². The van der Waals surface area contributed by atoms with Crippen LogP contribution in [0.25, 0.3) is 17.2 Å². The van der Waals surface area contributed by atoms with Crippen molar-refractivity contribution in [2.45, 2.75) is 37.1 Å². The van der Waals surface area contributed by atoms with Crippen LogP contribution in [-0.4, -0.2) is 36.9 Å². The van der Waals surface area contributed by atoms with Crippen molar-refractivity contribution < 1.29 is 4.74 Å². The summed E-state index contributed by atoms with van der Waals surface area (Å²) in [6.45, 7) is 2.56. The zero-order valence-corrected chi connectivity index (χ0v) is 17.0. The number of nitrogens with two attached hydrogens (primary N) is 1. The number of hydrogen-bond acceptors (Lipinski definition) is 6. The van der Waals surface area contributed by atoms with Crippen LogP contribution >= 0.6 is 24.8 Å². The molecule has 0 unspecified atom stereocenters. The van der Waals surface area contributed by atoms with Gasteiger partial charge in [-0.2, -0.15) is 0 Å². The Hall–Kier alpha value is -2.22. The van der Waals surface area contributed by atoms with Crippen molar-refractivity contribution in [3.05, 3.63) is 48.7 Å². The van der Waals surface area contributed by atoms with Gasteiger partial charge >= 0.3 is 0 Å². The topological polar surface area (TPSA) is 91.7 Å². The summed E-state index contributed by atoms with van der Waals surface area (Å²) in [4.78, 5) is 8.79. The molecule has 148 valence electrons. The van der Waals surface area contributed by atoms with E-state index >= 15 is 0 Å². The van der Waals surface area contributed by atoms with Crippen LogP contribution in [0.3, 0.4) is 0 Å². The average molecular weight is 421 g/mol. The highest BCUT2D eigenvalue weighted by Gasteiger charge is 2.68. The highest BCUT2D eigenvalue weighted by atomic mass is 35.5. The van der Waals surface area contributed by atoms with E-state index in [0.29, 0.717) is 12.4 Å². The first kappa shape index (κ1) is 20.5. The number of rotatable bonds is 5. The van der Waals surface area contributed by atoms with E-state index in [-0.39, 0.29) is 35.8 Å². The van der Waals surface area contributed by atoms with Crippen molar-refractivity contribution >= 4 is 24.8 Å². The van der Waals surface area contributed by atoms with Gasteiger partial charge in [0.15, 0.2) is 5.82 Å². The van der Waals surface area contributed by atoms with Gasteiger partial charge in [0.2, 0.25) is 0 Å². The van der Waals surface area contributed by atoms with Crippen molar-refractivity contribution in [1.82, 2.24) is 24.7 Å². The fourth-order valence-corrected chi connectivity index (χ4v) is 4.39. The summed E-state index contributed by atoms with van der Waals surface area (Å²) in [6, 6.07) is 7.75. The van der Waals surface area contributed by atoms with Crippen LogP contribution in [0.4, 0.5) is 0 Å². The first-order valence-corrected chi connectivity index (χ1v) is 8.87. The molecule has 3 saturated carbocycles. The van der Waals surface area contributed by atoms with Gasteiger partial charge in [-0.05, 0) is 50.5 Å². The molecule has 9 heteroatoms. The first-order chi connectivity index (χ1) is 12.6. The molecule has 3 aliphatic carbocycles. The molecule has 6 rings (SSSR count).